The van der Waals surface area contributed by atoms with Crippen LogP contribution in [0, 0.1) is 0 Å². The van der Waals surface area contributed by atoms with E-state index >= 15 is 0 Å². The van der Waals surface area contributed by atoms with Gasteiger partial charge in [-0.15, -0.1) is 0 Å². The Morgan fingerprint density at radius 2 is 2.24 bits per heavy atom. The lowest BCUT2D eigenvalue weighted by atomic mass is 9.95. The Hall–Kier alpha value is -1.02. The van der Waals surface area contributed by atoms with Gasteiger partial charge in [0.2, 0.25) is 0 Å². The predicted molar refractivity (Wildman–Crippen MR) is 71.6 cm³/mol. The minimum absolute atomic E-state index is 0.694. The number of aryl methyl sites for hydroxylation is 1. The van der Waals surface area contributed by atoms with Gasteiger partial charge in [-0.05, 0) is 50.3 Å². The summed E-state index contributed by atoms with van der Waals surface area (Å²) in [5.74, 6) is 0.965. The SMILES string of the molecule is COc1cccc(CCC2CCCC(C)N2)c1. The molecule has 0 radical (unpaired) electrons. The molecule has 94 valence electrons. The van der Waals surface area contributed by atoms with Crippen molar-refractivity contribution in [1.29, 1.82) is 0 Å². The van der Waals surface area contributed by atoms with E-state index in [1.54, 1.807) is 7.11 Å². The van der Waals surface area contributed by atoms with E-state index in [2.05, 4.69) is 30.4 Å². The minimum Gasteiger partial charge on any atom is -0.497 e. The summed E-state index contributed by atoms with van der Waals surface area (Å²) < 4.78 is 5.25. The summed E-state index contributed by atoms with van der Waals surface area (Å²) in [6.07, 6.45) is 6.40. The molecule has 0 spiro atoms. The van der Waals surface area contributed by atoms with E-state index in [-0.39, 0.29) is 0 Å². The summed E-state index contributed by atoms with van der Waals surface area (Å²) in [4.78, 5) is 0. The maximum Gasteiger partial charge on any atom is 0.119 e. The van der Waals surface area contributed by atoms with E-state index in [0.717, 1.165) is 12.2 Å². The Labute approximate surface area is 104 Å². The fourth-order valence-corrected chi connectivity index (χ4v) is 2.64. The molecular weight excluding hydrogens is 210 g/mol. The topological polar surface area (TPSA) is 21.3 Å². The average Bonchev–Trinajstić information content (AvgIpc) is 2.37. The minimum atomic E-state index is 0.694. The quantitative estimate of drug-likeness (QED) is 0.862. The van der Waals surface area contributed by atoms with Crippen LogP contribution in [-0.4, -0.2) is 19.2 Å². The van der Waals surface area contributed by atoms with Gasteiger partial charge in [0.25, 0.3) is 0 Å². The Bertz CT molecular complexity index is 351. The molecule has 2 atom stereocenters. The average molecular weight is 233 g/mol. The fourth-order valence-electron chi connectivity index (χ4n) is 2.64. The highest BCUT2D eigenvalue weighted by atomic mass is 16.5. The molecule has 1 saturated heterocycles. The largest absolute Gasteiger partial charge is 0.497 e. The van der Waals surface area contributed by atoms with E-state index < -0.39 is 0 Å². The van der Waals surface area contributed by atoms with Crippen LogP contribution in [0.2, 0.25) is 0 Å². The Kier molecular flexibility index (Phi) is 4.43. The number of rotatable bonds is 4. The Balaban J connectivity index is 1.84. The standard InChI is InChI=1S/C15H23NO/c1-12-5-3-7-14(16-12)10-9-13-6-4-8-15(11-13)17-2/h4,6,8,11-12,14,16H,3,5,7,9-10H2,1-2H3. The molecular formula is C15H23NO. The molecule has 0 aromatic heterocycles. The molecule has 2 nitrogen and oxygen atoms in total. The highest BCUT2D eigenvalue weighted by Crippen LogP contribution is 2.18. The van der Waals surface area contributed by atoms with Crippen LogP contribution < -0.4 is 10.1 Å². The van der Waals surface area contributed by atoms with Crippen molar-refractivity contribution < 1.29 is 4.74 Å². The summed E-state index contributed by atoms with van der Waals surface area (Å²) >= 11 is 0. The van der Waals surface area contributed by atoms with Crippen molar-refractivity contribution in [2.24, 2.45) is 0 Å². The molecule has 2 heteroatoms. The molecule has 0 bridgehead atoms. The zero-order valence-corrected chi connectivity index (χ0v) is 10.9. The molecule has 1 fully saturated rings. The number of methoxy groups -OCH3 is 1. The number of ether oxygens (including phenoxy) is 1. The fraction of sp³-hybridized carbons (Fsp3) is 0.600. The normalized spacial score (nSPS) is 24.6. The van der Waals surface area contributed by atoms with E-state index in [9.17, 15) is 0 Å². The van der Waals surface area contributed by atoms with Crippen molar-refractivity contribution in [3.05, 3.63) is 29.8 Å². The zero-order chi connectivity index (χ0) is 12.1. The third-order valence-corrected chi connectivity index (χ3v) is 3.63. The summed E-state index contributed by atoms with van der Waals surface area (Å²) in [5, 5.41) is 3.68. The molecule has 1 aliphatic heterocycles. The zero-order valence-electron chi connectivity index (χ0n) is 10.9. The molecule has 1 aromatic carbocycles. The Morgan fingerprint density at radius 1 is 1.35 bits per heavy atom. The van der Waals surface area contributed by atoms with Gasteiger partial charge in [-0.3, -0.25) is 0 Å². The second kappa shape index (κ2) is 6.06. The van der Waals surface area contributed by atoms with Crippen LogP contribution in [0.4, 0.5) is 0 Å². The van der Waals surface area contributed by atoms with E-state index in [1.807, 2.05) is 6.07 Å². The lowest BCUT2D eigenvalue weighted by Gasteiger charge is -2.28. The van der Waals surface area contributed by atoms with Gasteiger partial charge in [0.1, 0.15) is 5.75 Å². The molecule has 2 unspecified atom stereocenters. The van der Waals surface area contributed by atoms with Gasteiger partial charge in [0.05, 0.1) is 7.11 Å². The van der Waals surface area contributed by atoms with Crippen molar-refractivity contribution >= 4 is 0 Å². The Morgan fingerprint density at radius 3 is 3.00 bits per heavy atom. The lowest BCUT2D eigenvalue weighted by molar-refractivity contribution is 0.322. The first kappa shape index (κ1) is 12.4. The maximum atomic E-state index is 5.25. The van der Waals surface area contributed by atoms with Gasteiger partial charge in [0.15, 0.2) is 0 Å². The van der Waals surface area contributed by atoms with E-state index in [0.29, 0.717) is 12.1 Å². The van der Waals surface area contributed by atoms with Gasteiger partial charge in [-0.2, -0.15) is 0 Å². The number of nitrogens with one attached hydrogen (secondary N) is 1. The second-order valence-electron chi connectivity index (χ2n) is 5.09. The van der Waals surface area contributed by atoms with Gasteiger partial charge in [-0.25, -0.2) is 0 Å². The van der Waals surface area contributed by atoms with Gasteiger partial charge < -0.3 is 10.1 Å². The lowest BCUT2D eigenvalue weighted by Crippen LogP contribution is -2.40. The van der Waals surface area contributed by atoms with E-state index in [4.69, 9.17) is 4.74 Å². The van der Waals surface area contributed by atoms with Crippen molar-refractivity contribution in [3.63, 3.8) is 0 Å². The van der Waals surface area contributed by atoms with Gasteiger partial charge >= 0.3 is 0 Å². The monoisotopic (exact) mass is 233 g/mol. The highest BCUT2D eigenvalue weighted by Gasteiger charge is 2.17. The number of benzene rings is 1. The molecule has 17 heavy (non-hydrogen) atoms. The first-order valence-corrected chi connectivity index (χ1v) is 6.67. The number of hydrogen-bond donors (Lipinski definition) is 1. The molecule has 2 rings (SSSR count). The maximum absolute atomic E-state index is 5.25. The van der Waals surface area contributed by atoms with Gasteiger partial charge in [0, 0.05) is 12.1 Å². The molecule has 1 N–H and O–H groups in total. The third-order valence-electron chi connectivity index (χ3n) is 3.63. The van der Waals surface area contributed by atoms with Crippen LogP contribution in [0.3, 0.4) is 0 Å². The predicted octanol–water partition coefficient (Wildman–Crippen LogP) is 3.16. The smallest absolute Gasteiger partial charge is 0.119 e. The van der Waals surface area contributed by atoms with Crippen LogP contribution >= 0.6 is 0 Å². The van der Waals surface area contributed by atoms with Crippen molar-refractivity contribution in [2.45, 2.75) is 51.1 Å². The molecule has 1 aliphatic rings. The summed E-state index contributed by atoms with van der Waals surface area (Å²) in [5.41, 5.74) is 1.38. The second-order valence-corrected chi connectivity index (χ2v) is 5.09. The van der Waals surface area contributed by atoms with Crippen molar-refractivity contribution in [1.82, 2.24) is 5.32 Å². The molecule has 0 saturated carbocycles. The van der Waals surface area contributed by atoms with Crippen molar-refractivity contribution in [3.8, 4) is 5.75 Å². The molecule has 1 heterocycles. The third kappa shape index (κ3) is 3.74. The van der Waals surface area contributed by atoms with Crippen LogP contribution in [0.15, 0.2) is 24.3 Å². The number of piperidine rings is 1. The first-order chi connectivity index (χ1) is 8.28. The summed E-state index contributed by atoms with van der Waals surface area (Å²) in [6.45, 7) is 2.29. The summed E-state index contributed by atoms with van der Waals surface area (Å²) in [6, 6.07) is 9.81. The number of hydrogen-bond acceptors (Lipinski definition) is 2. The van der Waals surface area contributed by atoms with Crippen LogP contribution in [0.25, 0.3) is 0 Å². The molecule has 1 aromatic rings. The van der Waals surface area contributed by atoms with Gasteiger partial charge in [-0.1, -0.05) is 18.6 Å². The van der Waals surface area contributed by atoms with Crippen molar-refractivity contribution in [2.75, 3.05) is 7.11 Å². The first-order valence-electron chi connectivity index (χ1n) is 6.67. The highest BCUT2D eigenvalue weighted by molar-refractivity contribution is 5.28. The molecule has 0 amide bonds. The van der Waals surface area contributed by atoms with Crippen LogP contribution in [0.1, 0.15) is 38.2 Å². The van der Waals surface area contributed by atoms with Crippen LogP contribution in [-0.2, 0) is 6.42 Å². The molecule has 0 aliphatic carbocycles. The summed E-state index contributed by atoms with van der Waals surface area (Å²) in [7, 11) is 1.73. The van der Waals surface area contributed by atoms with E-state index in [1.165, 1.54) is 31.2 Å². The van der Waals surface area contributed by atoms with Crippen LogP contribution in [0.5, 0.6) is 5.75 Å².